The lowest BCUT2D eigenvalue weighted by atomic mass is 9.33. The predicted octanol–water partition coefficient (Wildman–Crippen LogP) is 5.38. The Morgan fingerprint density at radius 3 is 1.96 bits per heavy atom. The lowest BCUT2D eigenvalue weighted by Gasteiger charge is -2.49. The van der Waals surface area contributed by atoms with Gasteiger partial charge in [-0.15, -0.1) is 0 Å². The summed E-state index contributed by atoms with van der Waals surface area (Å²) in [5.41, 5.74) is 16.3. The molecular formula is C43H27BN2Si. The van der Waals surface area contributed by atoms with Crippen LogP contribution in [0.1, 0.15) is 5.56 Å². The number of hydrogen-bond donors (Lipinski definition) is 0. The molecule has 2 nitrogen and oxygen atoms in total. The van der Waals surface area contributed by atoms with Crippen LogP contribution in [-0.2, 0) is 0 Å². The molecule has 0 aliphatic carbocycles. The van der Waals surface area contributed by atoms with Crippen molar-refractivity contribution in [3.8, 4) is 16.8 Å². The van der Waals surface area contributed by atoms with Crippen LogP contribution in [0.4, 0.5) is 17.1 Å². The van der Waals surface area contributed by atoms with Crippen molar-refractivity contribution in [3.05, 3.63) is 151 Å². The highest BCUT2D eigenvalue weighted by Gasteiger charge is 2.56. The summed E-state index contributed by atoms with van der Waals surface area (Å²) in [5.74, 6) is 0. The third-order valence-electron chi connectivity index (χ3n) is 11.6. The molecule has 1 aromatic heterocycles. The molecule has 0 N–H and O–H groups in total. The van der Waals surface area contributed by atoms with Gasteiger partial charge in [-0.05, 0) is 85.0 Å². The monoisotopic (exact) mass is 610 g/mol. The fourth-order valence-electron chi connectivity index (χ4n) is 10.1. The van der Waals surface area contributed by atoms with Gasteiger partial charge in [-0.25, -0.2) is 0 Å². The third kappa shape index (κ3) is 2.64. The zero-order chi connectivity index (χ0) is 30.6. The summed E-state index contributed by atoms with van der Waals surface area (Å²) < 4.78 is 2.56. The first-order valence-corrected chi connectivity index (χ1v) is 18.7. The van der Waals surface area contributed by atoms with Gasteiger partial charge in [0.15, 0.2) is 8.07 Å². The number of aromatic nitrogens is 1. The van der Waals surface area contributed by atoms with E-state index in [2.05, 4.69) is 162 Å². The molecule has 0 atom stereocenters. The number of nitrogens with zero attached hydrogens (tertiary/aromatic N) is 2. The molecule has 47 heavy (non-hydrogen) atoms. The van der Waals surface area contributed by atoms with Gasteiger partial charge < -0.3 is 9.47 Å². The zero-order valence-corrected chi connectivity index (χ0v) is 26.8. The van der Waals surface area contributed by atoms with Crippen LogP contribution in [0.25, 0.3) is 38.6 Å². The molecular weight excluding hydrogens is 583 g/mol. The molecule has 7 aromatic carbocycles. The Kier molecular flexibility index (Phi) is 4.31. The molecule has 0 bridgehead atoms. The van der Waals surface area contributed by atoms with Gasteiger partial charge in [-0.2, -0.15) is 0 Å². The maximum absolute atomic E-state index is 2.65. The van der Waals surface area contributed by atoms with Crippen molar-refractivity contribution >= 4 is 90.8 Å². The van der Waals surface area contributed by atoms with Gasteiger partial charge in [0.25, 0.3) is 6.71 Å². The standard InChI is InChI=1S/C43H27BN2Si/c1-26-24-35-41-36(25-26)46-34-19-6-9-22-39(34)47(37-20-7-3-13-28(37)29-14-4-8-21-38(29)47)40-23-11-17-32(43(40)46)44(41)31-16-10-15-30-27-12-2-5-18-33(27)45(35)42(30)31/h2-25H,1H3. The molecule has 0 unspecified atom stereocenters. The number of rotatable bonds is 0. The quantitative estimate of drug-likeness (QED) is 0.210. The van der Waals surface area contributed by atoms with E-state index in [0.717, 1.165) is 0 Å². The van der Waals surface area contributed by atoms with E-state index in [4.69, 9.17) is 0 Å². The average molecular weight is 611 g/mol. The van der Waals surface area contributed by atoms with Crippen LogP contribution in [0.3, 0.4) is 0 Å². The van der Waals surface area contributed by atoms with E-state index in [1.165, 1.54) is 98.4 Å². The number of para-hydroxylation sites is 4. The molecule has 0 amide bonds. The van der Waals surface area contributed by atoms with Gasteiger partial charge in [0.05, 0.1) is 5.52 Å². The van der Waals surface area contributed by atoms with Crippen molar-refractivity contribution < 1.29 is 0 Å². The Morgan fingerprint density at radius 1 is 0.511 bits per heavy atom. The van der Waals surface area contributed by atoms with Gasteiger partial charge in [0, 0.05) is 39.0 Å². The Morgan fingerprint density at radius 2 is 1.13 bits per heavy atom. The number of hydrogen-bond acceptors (Lipinski definition) is 1. The minimum absolute atomic E-state index is 0.149. The maximum atomic E-state index is 2.65. The van der Waals surface area contributed by atoms with E-state index in [-0.39, 0.29) is 6.71 Å². The Labute approximate surface area is 274 Å². The zero-order valence-electron chi connectivity index (χ0n) is 25.8. The topological polar surface area (TPSA) is 8.17 Å². The molecule has 0 fully saturated rings. The molecule has 5 heterocycles. The second-order valence-electron chi connectivity index (χ2n) is 13.7. The van der Waals surface area contributed by atoms with E-state index in [1.54, 1.807) is 0 Å². The first kappa shape index (κ1) is 24.6. The summed E-state index contributed by atoms with van der Waals surface area (Å²) in [4.78, 5) is 2.65. The average Bonchev–Trinajstić information content (AvgIpc) is 3.61. The summed E-state index contributed by atoms with van der Waals surface area (Å²) in [5, 5.41) is 8.70. The normalized spacial score (nSPS) is 15.0. The molecule has 8 aromatic rings. The highest BCUT2D eigenvalue weighted by molar-refractivity contribution is 7.24. The second-order valence-corrected chi connectivity index (χ2v) is 17.3. The van der Waals surface area contributed by atoms with Gasteiger partial charge in [0.1, 0.15) is 0 Å². The number of fused-ring (bicyclic) bond motifs is 16. The Hall–Kier alpha value is -5.58. The highest BCUT2D eigenvalue weighted by Crippen LogP contribution is 2.44. The minimum Gasteiger partial charge on any atom is -0.312 e. The largest absolute Gasteiger partial charge is 0.312 e. The summed E-state index contributed by atoms with van der Waals surface area (Å²) in [6.07, 6.45) is 0. The van der Waals surface area contributed by atoms with E-state index >= 15 is 0 Å². The highest BCUT2D eigenvalue weighted by atomic mass is 28.3. The number of anilines is 3. The summed E-state index contributed by atoms with van der Waals surface area (Å²) >= 11 is 0. The molecule has 4 heteroatoms. The van der Waals surface area contributed by atoms with E-state index < -0.39 is 8.07 Å². The van der Waals surface area contributed by atoms with Gasteiger partial charge >= 0.3 is 0 Å². The van der Waals surface area contributed by atoms with Crippen LogP contribution in [-0.4, -0.2) is 19.4 Å². The molecule has 1 spiro atoms. The fraction of sp³-hybridized carbons (Fsp3) is 0.0233. The van der Waals surface area contributed by atoms with Gasteiger partial charge in [0.2, 0.25) is 0 Å². The lowest BCUT2D eigenvalue weighted by Crippen LogP contribution is -2.77. The van der Waals surface area contributed by atoms with E-state index in [0.29, 0.717) is 0 Å². The summed E-state index contributed by atoms with van der Waals surface area (Å²) in [7, 11) is -2.64. The summed E-state index contributed by atoms with van der Waals surface area (Å²) in [6.45, 7) is 2.42. The van der Waals surface area contributed by atoms with Crippen LogP contribution in [0.2, 0.25) is 0 Å². The van der Waals surface area contributed by atoms with E-state index in [1.807, 2.05) is 0 Å². The molecule has 216 valence electrons. The molecule has 4 aliphatic rings. The lowest BCUT2D eigenvalue weighted by molar-refractivity contribution is 1.17. The van der Waals surface area contributed by atoms with Crippen LogP contribution in [0, 0.1) is 6.92 Å². The molecule has 0 saturated heterocycles. The molecule has 12 rings (SSSR count). The number of aryl methyl sites for hydroxylation is 1. The van der Waals surface area contributed by atoms with Crippen molar-refractivity contribution in [2.24, 2.45) is 0 Å². The Bertz CT molecular complexity index is 2690. The smallest absolute Gasteiger partial charge is 0.252 e. The van der Waals surface area contributed by atoms with Crippen molar-refractivity contribution in [1.29, 1.82) is 0 Å². The van der Waals surface area contributed by atoms with Crippen molar-refractivity contribution in [1.82, 2.24) is 4.57 Å². The van der Waals surface area contributed by atoms with Crippen molar-refractivity contribution in [3.63, 3.8) is 0 Å². The summed E-state index contributed by atoms with van der Waals surface area (Å²) in [6, 6.07) is 56.0. The maximum Gasteiger partial charge on any atom is 0.252 e. The molecule has 0 saturated carbocycles. The van der Waals surface area contributed by atoms with E-state index in [9.17, 15) is 0 Å². The van der Waals surface area contributed by atoms with Gasteiger partial charge in [-0.1, -0.05) is 121 Å². The second kappa shape index (κ2) is 8.22. The van der Waals surface area contributed by atoms with Crippen LogP contribution in [0.5, 0.6) is 0 Å². The Balaban J connectivity index is 1.29. The van der Waals surface area contributed by atoms with Gasteiger partial charge in [-0.3, -0.25) is 0 Å². The fourth-order valence-corrected chi connectivity index (χ4v) is 15.7. The molecule has 0 radical (unpaired) electrons. The first-order valence-electron chi connectivity index (χ1n) is 16.7. The first-order chi connectivity index (χ1) is 23.3. The minimum atomic E-state index is -2.64. The number of benzene rings is 7. The van der Waals surface area contributed by atoms with Crippen LogP contribution >= 0.6 is 0 Å². The predicted molar refractivity (Wildman–Crippen MR) is 201 cm³/mol. The third-order valence-corrected chi connectivity index (χ3v) is 16.5. The van der Waals surface area contributed by atoms with Crippen molar-refractivity contribution in [2.45, 2.75) is 6.92 Å². The van der Waals surface area contributed by atoms with Crippen molar-refractivity contribution in [2.75, 3.05) is 4.90 Å². The SMILES string of the molecule is Cc1cc2c3c(c1)-n1c4ccccc4c4cccc(c41)B3c1cccc3c1N2c1ccccc1[Si]31c2ccccc2-c2ccccc21. The van der Waals surface area contributed by atoms with Crippen LogP contribution < -0.4 is 42.0 Å². The van der Waals surface area contributed by atoms with Crippen LogP contribution in [0.15, 0.2) is 146 Å². The molecule has 4 aliphatic heterocycles.